The molecule has 0 saturated carbocycles. The van der Waals surface area contributed by atoms with Crippen molar-refractivity contribution in [2.45, 2.75) is 12.2 Å². The molecule has 0 unspecified atom stereocenters. The van der Waals surface area contributed by atoms with Gasteiger partial charge in [-0.1, -0.05) is 12.2 Å². The van der Waals surface area contributed by atoms with E-state index < -0.39 is 35.9 Å². The molecule has 3 aliphatic heterocycles. The molecule has 2 aromatic rings. The first-order valence-electron chi connectivity index (χ1n) is 9.09. The lowest BCUT2D eigenvalue weighted by Gasteiger charge is -2.29. The van der Waals surface area contributed by atoms with Crippen molar-refractivity contribution in [1.82, 2.24) is 10.3 Å². The Bertz CT molecular complexity index is 966. The average molecular weight is 386 g/mol. The molecule has 1 amide bonds. The normalized spacial score (nSPS) is 28.8. The van der Waals surface area contributed by atoms with Crippen LogP contribution in [0, 0.1) is 11.8 Å². The number of aliphatic carboxylic acids is 1. The van der Waals surface area contributed by atoms with E-state index in [1.54, 1.807) is 18.2 Å². The topological polar surface area (TPSA) is 127 Å². The highest BCUT2D eigenvalue weighted by atomic mass is 16.6. The first-order valence-corrected chi connectivity index (χ1v) is 9.09. The third kappa shape index (κ3) is 2.64. The molecule has 4 atom stereocenters. The van der Waals surface area contributed by atoms with Gasteiger partial charge >= 0.3 is 5.97 Å². The van der Waals surface area contributed by atoms with Gasteiger partial charge in [0, 0.05) is 13.1 Å². The molecule has 1 aromatic carbocycles. The van der Waals surface area contributed by atoms with E-state index in [-0.39, 0.29) is 0 Å². The van der Waals surface area contributed by atoms with Crippen LogP contribution < -0.4 is 10.2 Å². The van der Waals surface area contributed by atoms with Crippen molar-refractivity contribution in [3.8, 4) is 0 Å². The van der Waals surface area contributed by atoms with Crippen LogP contribution in [0.1, 0.15) is 0 Å². The maximum Gasteiger partial charge on any atom is 0.310 e. The van der Waals surface area contributed by atoms with Crippen LogP contribution in [-0.4, -0.2) is 65.8 Å². The van der Waals surface area contributed by atoms with Crippen molar-refractivity contribution >= 4 is 34.3 Å². The van der Waals surface area contributed by atoms with E-state index in [4.69, 9.17) is 14.1 Å². The fourth-order valence-corrected chi connectivity index (χ4v) is 4.14. The molecule has 0 radical (unpaired) electrons. The number of ether oxygens (including phenoxy) is 2. The van der Waals surface area contributed by atoms with Crippen LogP contribution in [-0.2, 0) is 19.1 Å². The number of carbonyl (C=O) groups excluding carboxylic acids is 1. The number of carbonyl (C=O) groups is 2. The number of nitrogens with zero attached hydrogens (tertiary/aromatic N) is 3. The number of carboxylic acid groups (broad SMARTS) is 1. The van der Waals surface area contributed by atoms with Crippen LogP contribution in [0.5, 0.6) is 0 Å². The van der Waals surface area contributed by atoms with E-state index in [0.717, 1.165) is 18.8 Å². The van der Waals surface area contributed by atoms with Crippen LogP contribution in [0.25, 0.3) is 11.0 Å². The van der Waals surface area contributed by atoms with Crippen molar-refractivity contribution in [2.24, 2.45) is 11.8 Å². The summed E-state index contributed by atoms with van der Waals surface area (Å²) in [6.07, 6.45) is 2.33. The summed E-state index contributed by atoms with van der Waals surface area (Å²) in [4.78, 5) is 26.6. The second kappa shape index (κ2) is 6.57. The van der Waals surface area contributed by atoms with Gasteiger partial charge in [-0.15, -0.1) is 0 Å². The van der Waals surface area contributed by atoms with Crippen molar-refractivity contribution in [2.75, 3.05) is 36.5 Å². The number of hydrogen-bond donors (Lipinski definition) is 2. The number of hydrogen-bond acceptors (Lipinski definition) is 8. The number of carboxylic acids is 1. The van der Waals surface area contributed by atoms with Gasteiger partial charge < -0.3 is 24.8 Å². The SMILES string of the molecule is O=C(O)[C@H]1[C@H](C(=O)Nc2ccc(N3CCOCC3)c3nonc23)[C@H]2C=C[C@H]1O2. The second-order valence-corrected chi connectivity index (χ2v) is 7.02. The number of benzene rings is 1. The summed E-state index contributed by atoms with van der Waals surface area (Å²) in [5, 5.41) is 20.2. The Labute approximate surface area is 159 Å². The van der Waals surface area contributed by atoms with Gasteiger partial charge in [0.05, 0.1) is 42.7 Å². The molecular weight excluding hydrogens is 368 g/mol. The summed E-state index contributed by atoms with van der Waals surface area (Å²) < 4.78 is 15.9. The number of amides is 1. The molecule has 5 rings (SSSR count). The van der Waals surface area contributed by atoms with Crippen molar-refractivity contribution in [1.29, 1.82) is 0 Å². The standard InChI is InChI=1S/C18H18N4O6/c23-17(13-11-3-4-12(27-11)14(13)18(24)25)19-9-1-2-10(16-15(9)20-28-21-16)22-5-7-26-8-6-22/h1-4,11-14H,5-8H2,(H,19,23)(H,24,25)/t11-,12-,13-,14-/m1/s1. The molecule has 0 spiro atoms. The Morgan fingerprint density at radius 2 is 1.79 bits per heavy atom. The van der Waals surface area contributed by atoms with Gasteiger partial charge in [0.25, 0.3) is 0 Å². The predicted octanol–water partition coefficient (Wildman–Crippen LogP) is 0.652. The quantitative estimate of drug-likeness (QED) is 0.728. The van der Waals surface area contributed by atoms with Crippen LogP contribution in [0.2, 0.25) is 0 Å². The maximum absolute atomic E-state index is 12.9. The first-order chi connectivity index (χ1) is 13.6. The van der Waals surface area contributed by atoms with E-state index in [2.05, 4.69) is 20.5 Å². The zero-order valence-electron chi connectivity index (χ0n) is 14.8. The molecule has 10 nitrogen and oxygen atoms in total. The summed E-state index contributed by atoms with van der Waals surface area (Å²) in [5.74, 6) is -3.18. The number of rotatable bonds is 4. The van der Waals surface area contributed by atoms with E-state index in [1.165, 1.54) is 0 Å². The Morgan fingerprint density at radius 1 is 1.07 bits per heavy atom. The first kappa shape index (κ1) is 17.1. The third-order valence-electron chi connectivity index (χ3n) is 5.49. The van der Waals surface area contributed by atoms with Crippen LogP contribution in [0.3, 0.4) is 0 Å². The largest absolute Gasteiger partial charge is 0.481 e. The van der Waals surface area contributed by atoms with Gasteiger partial charge in [0.15, 0.2) is 11.0 Å². The zero-order valence-corrected chi connectivity index (χ0v) is 14.8. The number of morpholine rings is 1. The Morgan fingerprint density at radius 3 is 2.54 bits per heavy atom. The highest BCUT2D eigenvalue weighted by molar-refractivity contribution is 6.04. The van der Waals surface area contributed by atoms with Crippen LogP contribution >= 0.6 is 0 Å². The predicted molar refractivity (Wildman–Crippen MR) is 95.9 cm³/mol. The molecule has 2 N–H and O–H groups in total. The molecule has 2 saturated heterocycles. The van der Waals surface area contributed by atoms with Crippen LogP contribution in [0.15, 0.2) is 28.9 Å². The number of fused-ring (bicyclic) bond motifs is 3. The number of nitrogens with one attached hydrogen (secondary N) is 1. The van der Waals surface area contributed by atoms with Gasteiger partial charge in [-0.05, 0) is 22.4 Å². The maximum atomic E-state index is 12.9. The monoisotopic (exact) mass is 386 g/mol. The summed E-state index contributed by atoms with van der Waals surface area (Å²) in [6.45, 7) is 2.70. The summed E-state index contributed by atoms with van der Waals surface area (Å²) in [5.41, 5.74) is 2.24. The van der Waals surface area contributed by atoms with Crippen molar-refractivity contribution in [3.05, 3.63) is 24.3 Å². The van der Waals surface area contributed by atoms with Gasteiger partial charge in [-0.2, -0.15) is 0 Å². The molecule has 3 aliphatic rings. The highest BCUT2D eigenvalue weighted by Gasteiger charge is 2.53. The van der Waals surface area contributed by atoms with Gasteiger partial charge in [-0.25, -0.2) is 4.63 Å². The molecule has 10 heteroatoms. The van der Waals surface area contributed by atoms with E-state index >= 15 is 0 Å². The van der Waals surface area contributed by atoms with Crippen molar-refractivity contribution in [3.63, 3.8) is 0 Å². The smallest absolute Gasteiger partial charge is 0.310 e. The zero-order chi connectivity index (χ0) is 19.3. The molecule has 1 aromatic heterocycles. The van der Waals surface area contributed by atoms with E-state index in [0.29, 0.717) is 29.9 Å². The summed E-state index contributed by atoms with van der Waals surface area (Å²) >= 11 is 0. The van der Waals surface area contributed by atoms with Crippen LogP contribution in [0.4, 0.5) is 11.4 Å². The lowest BCUT2D eigenvalue weighted by atomic mass is 9.82. The second-order valence-electron chi connectivity index (χ2n) is 7.02. The third-order valence-corrected chi connectivity index (χ3v) is 5.49. The lowest BCUT2D eigenvalue weighted by molar-refractivity contribution is -0.145. The molecule has 0 aliphatic carbocycles. The summed E-state index contributed by atoms with van der Waals surface area (Å²) in [7, 11) is 0. The van der Waals surface area contributed by atoms with E-state index in [1.807, 2.05) is 6.07 Å². The minimum atomic E-state index is -1.05. The lowest BCUT2D eigenvalue weighted by Crippen LogP contribution is -2.39. The van der Waals surface area contributed by atoms with Gasteiger partial charge in [-0.3, -0.25) is 9.59 Å². The molecule has 4 heterocycles. The molecule has 146 valence electrons. The minimum absolute atomic E-state index is 0.420. The highest BCUT2D eigenvalue weighted by Crippen LogP contribution is 2.40. The molecular formula is C18H18N4O6. The Hall–Kier alpha value is -2.98. The fourth-order valence-electron chi connectivity index (χ4n) is 4.14. The van der Waals surface area contributed by atoms with E-state index in [9.17, 15) is 14.7 Å². The van der Waals surface area contributed by atoms with Gasteiger partial charge in [0.1, 0.15) is 5.92 Å². The minimum Gasteiger partial charge on any atom is -0.481 e. The molecule has 28 heavy (non-hydrogen) atoms. The molecule has 2 bridgehead atoms. The average Bonchev–Trinajstić information content (AvgIpc) is 3.44. The number of aromatic nitrogens is 2. The molecule has 2 fully saturated rings. The summed E-state index contributed by atoms with van der Waals surface area (Å²) in [6, 6.07) is 3.58. The number of anilines is 2. The van der Waals surface area contributed by atoms with Crippen molar-refractivity contribution < 1.29 is 28.8 Å². The van der Waals surface area contributed by atoms with Gasteiger partial charge in [0.2, 0.25) is 5.91 Å². The Kier molecular flexibility index (Phi) is 4.02. The fraction of sp³-hybridized carbons (Fsp3) is 0.444. The Balaban J connectivity index is 1.43.